The summed E-state index contributed by atoms with van der Waals surface area (Å²) in [4.78, 5) is 9.21. The number of thiazole rings is 1. The molecule has 4 heteroatoms. The molecule has 0 spiro atoms. The van der Waals surface area contributed by atoms with Gasteiger partial charge in [-0.1, -0.05) is 18.2 Å². The molecule has 0 unspecified atom stereocenters. The summed E-state index contributed by atoms with van der Waals surface area (Å²) in [6, 6.07) is 23.9. The molecule has 1 heterocycles. The van der Waals surface area contributed by atoms with E-state index in [2.05, 4.69) is 48.3 Å². The fourth-order valence-corrected chi connectivity index (χ4v) is 3.71. The van der Waals surface area contributed by atoms with Gasteiger partial charge in [0.1, 0.15) is 5.01 Å². The van der Waals surface area contributed by atoms with Gasteiger partial charge in [0.25, 0.3) is 0 Å². The molecule has 0 saturated carbocycles. The topological polar surface area (TPSA) is 49.0 Å². The fraction of sp³-hybridized carbons (Fsp3) is 0.0455. The summed E-state index contributed by atoms with van der Waals surface area (Å²) < 4.78 is 1.21. The highest BCUT2D eigenvalue weighted by Gasteiger charge is 2.06. The maximum absolute atomic E-state index is 8.83. The molecule has 0 radical (unpaired) electrons. The van der Waals surface area contributed by atoms with Gasteiger partial charge in [-0.25, -0.2) is 4.98 Å². The first-order chi connectivity index (χ1) is 12.7. The van der Waals surface area contributed by atoms with Crippen molar-refractivity contribution in [3.8, 4) is 16.6 Å². The van der Waals surface area contributed by atoms with Crippen molar-refractivity contribution in [3.63, 3.8) is 0 Å². The van der Waals surface area contributed by atoms with E-state index < -0.39 is 0 Å². The molecule has 0 atom stereocenters. The van der Waals surface area contributed by atoms with Crippen LogP contribution in [-0.2, 0) is 0 Å². The molecule has 0 fully saturated rings. The summed E-state index contributed by atoms with van der Waals surface area (Å²) >= 11 is 1.71. The zero-order valence-corrected chi connectivity index (χ0v) is 15.0. The van der Waals surface area contributed by atoms with Crippen LogP contribution in [0.15, 0.2) is 71.7 Å². The molecule has 3 aromatic carbocycles. The van der Waals surface area contributed by atoms with Crippen molar-refractivity contribution in [2.24, 2.45) is 4.99 Å². The first-order valence-electron chi connectivity index (χ1n) is 8.23. The number of aliphatic imine (C=N–C) groups is 1. The van der Waals surface area contributed by atoms with Gasteiger partial charge in [-0.15, -0.1) is 11.3 Å². The number of rotatable bonds is 3. The predicted molar refractivity (Wildman–Crippen MR) is 108 cm³/mol. The second-order valence-electron chi connectivity index (χ2n) is 6.03. The number of benzene rings is 3. The number of fused-ring (bicyclic) bond motifs is 1. The lowest BCUT2D eigenvalue weighted by molar-refractivity contribution is 1.44. The highest BCUT2D eigenvalue weighted by molar-refractivity contribution is 7.21. The first kappa shape index (κ1) is 16.2. The predicted octanol–water partition coefficient (Wildman–Crippen LogP) is 5.89. The van der Waals surface area contributed by atoms with Gasteiger partial charge in [-0.3, -0.25) is 4.99 Å². The van der Waals surface area contributed by atoms with E-state index in [4.69, 9.17) is 10.2 Å². The van der Waals surface area contributed by atoms with Crippen LogP contribution in [0.3, 0.4) is 0 Å². The van der Waals surface area contributed by atoms with Crippen molar-refractivity contribution >= 4 is 33.5 Å². The fourth-order valence-electron chi connectivity index (χ4n) is 2.64. The lowest BCUT2D eigenvalue weighted by Crippen LogP contribution is -1.81. The van der Waals surface area contributed by atoms with E-state index in [-0.39, 0.29) is 0 Å². The lowest BCUT2D eigenvalue weighted by atomic mass is 10.1. The molecule has 0 aliphatic rings. The van der Waals surface area contributed by atoms with E-state index in [1.165, 1.54) is 10.3 Å². The van der Waals surface area contributed by atoms with Crippen LogP contribution in [0, 0.1) is 18.3 Å². The Morgan fingerprint density at radius 2 is 1.77 bits per heavy atom. The molecule has 0 N–H and O–H groups in total. The Kier molecular flexibility index (Phi) is 4.30. The Labute approximate surface area is 155 Å². The molecule has 0 bridgehead atoms. The maximum atomic E-state index is 8.83. The monoisotopic (exact) mass is 353 g/mol. The van der Waals surface area contributed by atoms with Crippen molar-refractivity contribution in [3.05, 3.63) is 83.4 Å². The molecule has 26 heavy (non-hydrogen) atoms. The smallest absolute Gasteiger partial charge is 0.124 e. The van der Waals surface area contributed by atoms with Crippen molar-refractivity contribution in [1.29, 1.82) is 5.26 Å². The molecule has 0 aliphatic carbocycles. The van der Waals surface area contributed by atoms with Gasteiger partial charge >= 0.3 is 0 Å². The van der Waals surface area contributed by atoms with Crippen LogP contribution in [0.25, 0.3) is 20.8 Å². The zero-order valence-electron chi connectivity index (χ0n) is 14.2. The van der Waals surface area contributed by atoms with Gasteiger partial charge < -0.3 is 0 Å². The largest absolute Gasteiger partial charge is 0.256 e. The SMILES string of the molecule is Cc1ccc2nc(-c3ccc(N=Cc4ccc(C#N)cc4)cc3)sc2c1. The van der Waals surface area contributed by atoms with Crippen LogP contribution in [0.4, 0.5) is 5.69 Å². The molecule has 4 rings (SSSR count). The first-order valence-corrected chi connectivity index (χ1v) is 9.05. The summed E-state index contributed by atoms with van der Waals surface area (Å²) in [5.41, 5.74) is 5.89. The third-order valence-electron chi connectivity index (χ3n) is 4.06. The van der Waals surface area contributed by atoms with Crippen LogP contribution >= 0.6 is 11.3 Å². The summed E-state index contributed by atoms with van der Waals surface area (Å²) in [5.74, 6) is 0. The minimum Gasteiger partial charge on any atom is -0.256 e. The van der Waals surface area contributed by atoms with Crippen LogP contribution in [0.2, 0.25) is 0 Å². The summed E-state index contributed by atoms with van der Waals surface area (Å²) in [6.07, 6.45) is 1.80. The van der Waals surface area contributed by atoms with Crippen LogP contribution < -0.4 is 0 Å². The summed E-state index contributed by atoms with van der Waals surface area (Å²) in [7, 11) is 0. The van der Waals surface area contributed by atoms with Gasteiger partial charge in [0, 0.05) is 11.8 Å². The molecule has 0 saturated heterocycles. The quantitative estimate of drug-likeness (QED) is 0.431. The second-order valence-corrected chi connectivity index (χ2v) is 7.06. The van der Waals surface area contributed by atoms with Gasteiger partial charge in [0.2, 0.25) is 0 Å². The third kappa shape index (κ3) is 3.39. The van der Waals surface area contributed by atoms with E-state index in [9.17, 15) is 0 Å². The number of nitriles is 1. The minimum atomic E-state index is 0.650. The van der Waals surface area contributed by atoms with Gasteiger partial charge in [-0.05, 0) is 66.6 Å². The van der Waals surface area contributed by atoms with E-state index >= 15 is 0 Å². The van der Waals surface area contributed by atoms with Crippen molar-refractivity contribution in [2.75, 3.05) is 0 Å². The molecule has 1 aromatic heterocycles. The molecule has 124 valence electrons. The maximum Gasteiger partial charge on any atom is 0.124 e. The Balaban J connectivity index is 1.55. The van der Waals surface area contributed by atoms with E-state index in [0.29, 0.717) is 5.56 Å². The average molecular weight is 353 g/mol. The normalized spacial score (nSPS) is 11.1. The van der Waals surface area contributed by atoms with E-state index in [1.807, 2.05) is 24.3 Å². The van der Waals surface area contributed by atoms with Gasteiger partial charge in [0.15, 0.2) is 0 Å². The van der Waals surface area contributed by atoms with Crippen LogP contribution in [0.1, 0.15) is 16.7 Å². The number of aromatic nitrogens is 1. The highest BCUT2D eigenvalue weighted by Crippen LogP contribution is 2.31. The molecule has 0 amide bonds. The number of nitrogens with zero attached hydrogens (tertiary/aromatic N) is 3. The Morgan fingerprint density at radius 1 is 1.00 bits per heavy atom. The summed E-state index contributed by atoms with van der Waals surface area (Å²) in [6.45, 7) is 2.10. The molecule has 4 aromatic rings. The molecule has 3 nitrogen and oxygen atoms in total. The zero-order chi connectivity index (χ0) is 17.9. The molecular formula is C22H15N3S. The lowest BCUT2D eigenvalue weighted by Gasteiger charge is -1.98. The molecule has 0 aliphatic heterocycles. The Bertz CT molecular complexity index is 1130. The number of hydrogen-bond donors (Lipinski definition) is 0. The highest BCUT2D eigenvalue weighted by atomic mass is 32.1. The second kappa shape index (κ2) is 6.91. The van der Waals surface area contributed by atoms with Crippen molar-refractivity contribution in [1.82, 2.24) is 4.98 Å². The van der Waals surface area contributed by atoms with Gasteiger partial charge in [0.05, 0.1) is 27.5 Å². The standard InChI is InChI=1S/C22H15N3S/c1-15-2-11-20-21(12-15)26-22(25-20)18-7-9-19(10-8-18)24-14-17-5-3-16(13-23)4-6-17/h2-12,14H,1H3. The Hall–Kier alpha value is -3.29. The Morgan fingerprint density at radius 3 is 2.50 bits per heavy atom. The van der Waals surface area contributed by atoms with Crippen molar-refractivity contribution in [2.45, 2.75) is 6.92 Å². The number of hydrogen-bond acceptors (Lipinski definition) is 4. The van der Waals surface area contributed by atoms with Crippen LogP contribution in [-0.4, -0.2) is 11.2 Å². The van der Waals surface area contributed by atoms with Crippen molar-refractivity contribution < 1.29 is 0 Å². The molecular weight excluding hydrogens is 338 g/mol. The van der Waals surface area contributed by atoms with Gasteiger partial charge in [-0.2, -0.15) is 5.26 Å². The third-order valence-corrected chi connectivity index (χ3v) is 5.13. The average Bonchev–Trinajstić information content (AvgIpc) is 3.10. The van der Waals surface area contributed by atoms with Crippen LogP contribution in [0.5, 0.6) is 0 Å². The minimum absolute atomic E-state index is 0.650. The summed E-state index contributed by atoms with van der Waals surface area (Å²) in [5, 5.41) is 9.85. The van der Waals surface area contributed by atoms with E-state index in [0.717, 1.165) is 27.3 Å². The van der Waals surface area contributed by atoms with E-state index in [1.54, 1.807) is 29.7 Å². The number of aryl methyl sites for hydroxylation is 1.